The molecule has 0 N–H and O–H groups in total. The van der Waals surface area contributed by atoms with Gasteiger partial charge >= 0.3 is 0 Å². The van der Waals surface area contributed by atoms with Crippen LogP contribution in [0.15, 0.2) is 78.9 Å². The molecule has 0 radical (unpaired) electrons. The molecule has 0 nitrogen and oxygen atoms in total. The maximum atomic E-state index is 2.42. The van der Waals surface area contributed by atoms with Crippen molar-refractivity contribution >= 4 is 17.3 Å². The van der Waals surface area contributed by atoms with Crippen LogP contribution < -0.4 is 0 Å². The van der Waals surface area contributed by atoms with Crippen molar-refractivity contribution in [2.45, 2.75) is 18.1 Å². The van der Waals surface area contributed by atoms with E-state index in [-0.39, 0.29) is 4.75 Å². The van der Waals surface area contributed by atoms with Crippen molar-refractivity contribution in [1.29, 1.82) is 0 Å². The third-order valence-electron chi connectivity index (χ3n) is 5.54. The molecule has 2 aliphatic rings. The monoisotopic (exact) mass is 340 g/mol. The maximum Gasteiger partial charge on any atom is 0.0712 e. The molecule has 122 valence electrons. The van der Waals surface area contributed by atoms with Crippen LogP contribution in [0.1, 0.15) is 28.7 Å². The smallest absolute Gasteiger partial charge is 0.0712 e. The van der Waals surface area contributed by atoms with Gasteiger partial charge in [0.25, 0.3) is 0 Å². The van der Waals surface area contributed by atoms with Gasteiger partial charge in [0, 0.05) is 5.75 Å². The number of thioether (sulfide) groups is 1. The Bertz CT molecular complexity index is 933. The zero-order valence-electron chi connectivity index (χ0n) is 14.3. The van der Waals surface area contributed by atoms with Crippen LogP contribution in [0, 0.1) is 6.92 Å². The molecule has 3 aromatic rings. The lowest BCUT2D eigenvalue weighted by molar-refractivity contribution is 0.783. The molecule has 0 aromatic heterocycles. The largest absolute Gasteiger partial charge is 0.141 e. The average Bonchev–Trinajstić information content (AvgIpc) is 2.93. The molecule has 0 saturated heterocycles. The summed E-state index contributed by atoms with van der Waals surface area (Å²) in [7, 11) is 0. The van der Waals surface area contributed by atoms with Crippen molar-refractivity contribution in [3.8, 4) is 11.1 Å². The van der Waals surface area contributed by atoms with Gasteiger partial charge in [-0.1, -0.05) is 84.4 Å². The quantitative estimate of drug-likeness (QED) is 0.491. The lowest BCUT2D eigenvalue weighted by Crippen LogP contribution is -2.24. The minimum atomic E-state index is 0.0577. The molecule has 5 rings (SSSR count). The minimum Gasteiger partial charge on any atom is -0.141 e. The van der Waals surface area contributed by atoms with E-state index in [2.05, 4.69) is 97.6 Å². The molecule has 0 amide bonds. The highest BCUT2D eigenvalue weighted by molar-refractivity contribution is 8.00. The van der Waals surface area contributed by atoms with Gasteiger partial charge in [-0.25, -0.2) is 0 Å². The van der Waals surface area contributed by atoms with Crippen LogP contribution in [0.5, 0.6) is 0 Å². The van der Waals surface area contributed by atoms with Gasteiger partial charge < -0.3 is 0 Å². The summed E-state index contributed by atoms with van der Waals surface area (Å²) in [6.07, 6.45) is 3.49. The zero-order valence-corrected chi connectivity index (χ0v) is 15.1. The standard InChI is InChI=1S/C24H20S/c1-17-10-12-18(13-11-17)19-14-15-25-24(16-19)22-8-4-2-6-20(22)21-7-3-5-9-23(21)24/h2-14H,15-16H2,1H3. The highest BCUT2D eigenvalue weighted by Gasteiger charge is 2.45. The summed E-state index contributed by atoms with van der Waals surface area (Å²) in [6.45, 7) is 2.15. The number of fused-ring (bicyclic) bond motifs is 5. The van der Waals surface area contributed by atoms with E-state index in [9.17, 15) is 0 Å². The predicted molar refractivity (Wildman–Crippen MR) is 109 cm³/mol. The van der Waals surface area contributed by atoms with Crippen molar-refractivity contribution in [3.63, 3.8) is 0 Å². The van der Waals surface area contributed by atoms with Gasteiger partial charge in [0.15, 0.2) is 0 Å². The van der Waals surface area contributed by atoms with Gasteiger partial charge in [0.05, 0.1) is 4.75 Å². The van der Waals surface area contributed by atoms with Gasteiger partial charge in [-0.2, -0.15) is 0 Å². The third-order valence-corrected chi connectivity index (χ3v) is 6.95. The van der Waals surface area contributed by atoms with E-state index in [1.807, 2.05) is 0 Å². The molecule has 1 heteroatoms. The number of hydrogen-bond acceptors (Lipinski definition) is 1. The van der Waals surface area contributed by atoms with Gasteiger partial charge in [-0.05, 0) is 46.7 Å². The molecule has 25 heavy (non-hydrogen) atoms. The van der Waals surface area contributed by atoms with Crippen molar-refractivity contribution in [2.75, 3.05) is 5.75 Å². The summed E-state index contributed by atoms with van der Waals surface area (Å²) >= 11 is 2.08. The second kappa shape index (κ2) is 5.64. The van der Waals surface area contributed by atoms with Crippen molar-refractivity contribution < 1.29 is 0 Å². The van der Waals surface area contributed by atoms with E-state index < -0.39 is 0 Å². The van der Waals surface area contributed by atoms with E-state index in [1.165, 1.54) is 39.0 Å². The molecule has 0 unspecified atom stereocenters. The summed E-state index contributed by atoms with van der Waals surface area (Å²) in [5, 5.41) is 0. The molecular weight excluding hydrogens is 320 g/mol. The first kappa shape index (κ1) is 15.0. The van der Waals surface area contributed by atoms with Crippen LogP contribution in [0.25, 0.3) is 16.7 Å². The van der Waals surface area contributed by atoms with Crippen LogP contribution >= 0.6 is 11.8 Å². The van der Waals surface area contributed by atoms with Gasteiger partial charge in [-0.3, -0.25) is 0 Å². The zero-order chi connectivity index (χ0) is 16.9. The average molecular weight is 340 g/mol. The Balaban J connectivity index is 1.67. The van der Waals surface area contributed by atoms with Crippen LogP contribution in [-0.4, -0.2) is 5.75 Å². The predicted octanol–water partition coefficient (Wildman–Crippen LogP) is 6.44. The number of allylic oxidation sites excluding steroid dienone is 1. The van der Waals surface area contributed by atoms with Crippen LogP contribution in [-0.2, 0) is 4.75 Å². The Hall–Kier alpha value is -2.25. The topological polar surface area (TPSA) is 0 Å². The van der Waals surface area contributed by atoms with Crippen LogP contribution in [0.2, 0.25) is 0 Å². The number of benzene rings is 3. The highest BCUT2D eigenvalue weighted by atomic mass is 32.2. The van der Waals surface area contributed by atoms with Gasteiger partial charge in [0.1, 0.15) is 0 Å². The number of rotatable bonds is 1. The van der Waals surface area contributed by atoms with Gasteiger partial charge in [0.2, 0.25) is 0 Å². The molecule has 3 aromatic carbocycles. The number of aryl methyl sites for hydroxylation is 1. The fourth-order valence-corrected chi connectivity index (χ4v) is 5.79. The number of hydrogen-bond donors (Lipinski definition) is 0. The van der Waals surface area contributed by atoms with E-state index in [0.29, 0.717) is 0 Å². The summed E-state index contributed by atoms with van der Waals surface area (Å²) in [5.41, 5.74) is 9.96. The molecule has 1 heterocycles. The molecule has 1 spiro atoms. The second-order valence-corrected chi connectivity index (χ2v) is 8.32. The fraction of sp³-hybridized carbons (Fsp3) is 0.167. The molecular formula is C24H20S. The summed E-state index contributed by atoms with van der Waals surface area (Å²) < 4.78 is 0.0577. The van der Waals surface area contributed by atoms with Gasteiger partial charge in [-0.15, -0.1) is 11.8 Å². The summed E-state index contributed by atoms with van der Waals surface area (Å²) in [4.78, 5) is 0. The second-order valence-electron chi connectivity index (χ2n) is 7.00. The minimum absolute atomic E-state index is 0.0577. The van der Waals surface area contributed by atoms with Crippen LogP contribution in [0.3, 0.4) is 0 Å². The SMILES string of the molecule is Cc1ccc(C2=CCSC3(C2)c2ccccc2-c2ccccc23)cc1. The lowest BCUT2D eigenvalue weighted by Gasteiger charge is -2.35. The van der Waals surface area contributed by atoms with E-state index in [0.717, 1.165) is 12.2 Å². The van der Waals surface area contributed by atoms with Crippen LogP contribution in [0.4, 0.5) is 0 Å². The highest BCUT2D eigenvalue weighted by Crippen LogP contribution is 2.60. The molecule has 0 saturated carbocycles. The molecule has 1 aliphatic carbocycles. The molecule has 0 bridgehead atoms. The Morgan fingerprint density at radius 1 is 0.760 bits per heavy atom. The maximum absolute atomic E-state index is 2.42. The first-order valence-electron chi connectivity index (χ1n) is 8.87. The van der Waals surface area contributed by atoms with E-state index in [4.69, 9.17) is 0 Å². The summed E-state index contributed by atoms with van der Waals surface area (Å²) in [6, 6.07) is 26.9. The van der Waals surface area contributed by atoms with Crippen molar-refractivity contribution in [3.05, 3.63) is 101 Å². The Kier molecular flexibility index (Phi) is 3.39. The lowest BCUT2D eigenvalue weighted by atomic mass is 9.86. The Morgan fingerprint density at radius 2 is 1.36 bits per heavy atom. The Labute approximate surface area is 153 Å². The van der Waals surface area contributed by atoms with E-state index >= 15 is 0 Å². The first-order valence-corrected chi connectivity index (χ1v) is 9.86. The summed E-state index contributed by atoms with van der Waals surface area (Å²) in [5.74, 6) is 1.06. The molecule has 0 atom stereocenters. The Morgan fingerprint density at radius 3 is 2.00 bits per heavy atom. The first-order chi connectivity index (χ1) is 12.3. The third kappa shape index (κ3) is 2.22. The van der Waals surface area contributed by atoms with Crippen molar-refractivity contribution in [2.24, 2.45) is 0 Å². The molecule has 0 fully saturated rings. The van der Waals surface area contributed by atoms with Crippen molar-refractivity contribution in [1.82, 2.24) is 0 Å². The van der Waals surface area contributed by atoms with E-state index in [1.54, 1.807) is 0 Å². The fourth-order valence-electron chi connectivity index (χ4n) is 4.29. The molecule has 1 aliphatic heterocycles. The normalized spacial score (nSPS) is 17.1.